The van der Waals surface area contributed by atoms with E-state index in [2.05, 4.69) is 9.71 Å². The minimum Gasteiger partial charge on any atom is -0.444 e. The fraction of sp³-hybridized carbons (Fsp3) is 0.417. The molecule has 0 aromatic heterocycles. The molecule has 1 N–H and O–H groups in total. The summed E-state index contributed by atoms with van der Waals surface area (Å²) >= 11 is 18.5. The van der Waals surface area contributed by atoms with Crippen molar-refractivity contribution in [2.45, 2.75) is 62.6 Å². The number of hydrogen-bond acceptors (Lipinski definition) is 4. The highest BCUT2D eigenvalue weighted by atomic mass is 35.5. The standard InChI is InChI=1S/C24H22Cl3F3N2O2S/c1-22(2,3)34-21(33)31-18-7-5-12-8-13(4-6-15(12)18)19-11-23(35-32-19,24(28,29)30)14-9-16(25)20(27)17(26)10-14/h4,6,8-10,18H,5,7,11H2,1-3H3,(H,31,33). The van der Waals surface area contributed by atoms with Crippen molar-refractivity contribution in [1.29, 1.82) is 0 Å². The van der Waals surface area contributed by atoms with E-state index in [4.69, 9.17) is 39.5 Å². The second-order valence-corrected chi connectivity index (χ2v) is 11.8. The number of aryl methyl sites for hydroxylation is 1. The lowest BCUT2D eigenvalue weighted by Crippen LogP contribution is -2.38. The normalized spacial score (nSPS) is 22.1. The molecule has 0 radical (unpaired) electrons. The second-order valence-electron chi connectivity index (χ2n) is 9.54. The SMILES string of the molecule is CC(C)(C)OC(=O)NC1CCc2cc(C3=NSC(c4cc(Cl)c(Cl)c(Cl)c4)(C(F)(F)F)C3)ccc21. The summed E-state index contributed by atoms with van der Waals surface area (Å²) in [5.41, 5.74) is 2.09. The molecule has 0 bridgehead atoms. The van der Waals surface area contributed by atoms with Crippen LogP contribution in [0.1, 0.15) is 61.9 Å². The molecule has 1 heterocycles. The van der Waals surface area contributed by atoms with Crippen molar-refractivity contribution in [2.24, 2.45) is 4.40 Å². The molecule has 4 nitrogen and oxygen atoms in total. The summed E-state index contributed by atoms with van der Waals surface area (Å²) < 4.78 is 50.4. The zero-order valence-electron chi connectivity index (χ0n) is 19.0. The smallest absolute Gasteiger partial charge is 0.409 e. The van der Waals surface area contributed by atoms with Gasteiger partial charge in [-0.15, -0.1) is 0 Å². The van der Waals surface area contributed by atoms with Gasteiger partial charge in [-0.05, 0) is 86.0 Å². The molecule has 11 heteroatoms. The van der Waals surface area contributed by atoms with E-state index in [0.29, 0.717) is 36.1 Å². The quantitative estimate of drug-likeness (QED) is 0.300. The third kappa shape index (κ3) is 5.26. The van der Waals surface area contributed by atoms with Crippen LogP contribution in [0.15, 0.2) is 34.7 Å². The maximum atomic E-state index is 14.4. The molecule has 1 aliphatic carbocycles. The van der Waals surface area contributed by atoms with Crippen molar-refractivity contribution >= 4 is 58.6 Å². The van der Waals surface area contributed by atoms with E-state index in [-0.39, 0.29) is 33.1 Å². The van der Waals surface area contributed by atoms with E-state index in [1.807, 2.05) is 12.1 Å². The van der Waals surface area contributed by atoms with E-state index < -0.39 is 22.6 Å². The lowest BCUT2D eigenvalue weighted by molar-refractivity contribution is -0.159. The molecule has 2 unspecified atom stereocenters. The number of hydrogen-bond donors (Lipinski definition) is 1. The molecule has 0 saturated heterocycles. The Morgan fingerprint density at radius 3 is 2.40 bits per heavy atom. The fourth-order valence-corrected chi connectivity index (χ4v) is 5.80. The summed E-state index contributed by atoms with van der Waals surface area (Å²) in [6, 6.07) is 7.59. The van der Waals surface area contributed by atoms with Crippen molar-refractivity contribution in [1.82, 2.24) is 5.32 Å². The lowest BCUT2D eigenvalue weighted by atomic mass is 9.89. The van der Waals surface area contributed by atoms with Crippen LogP contribution >= 0.6 is 46.8 Å². The highest BCUT2D eigenvalue weighted by molar-refractivity contribution is 7.99. The van der Waals surface area contributed by atoms with Gasteiger partial charge in [0, 0.05) is 6.42 Å². The topological polar surface area (TPSA) is 50.7 Å². The zero-order chi connectivity index (χ0) is 25.8. The number of alkyl halides is 3. The zero-order valence-corrected chi connectivity index (χ0v) is 22.1. The Bertz CT molecular complexity index is 1190. The molecule has 0 saturated carbocycles. The van der Waals surface area contributed by atoms with Crippen LogP contribution in [0.2, 0.25) is 15.1 Å². The Balaban J connectivity index is 1.58. The largest absolute Gasteiger partial charge is 0.444 e. The maximum Gasteiger partial charge on any atom is 0.409 e. The minimum absolute atomic E-state index is 0.00622. The molecule has 2 aromatic carbocycles. The predicted molar refractivity (Wildman–Crippen MR) is 135 cm³/mol. The van der Waals surface area contributed by atoms with Gasteiger partial charge >= 0.3 is 12.3 Å². The molecular formula is C24H22Cl3F3N2O2S. The van der Waals surface area contributed by atoms with Crippen LogP contribution in [0.25, 0.3) is 0 Å². The number of ether oxygens (including phenoxy) is 1. The number of nitrogens with zero attached hydrogens (tertiary/aromatic N) is 1. The van der Waals surface area contributed by atoms with Crippen molar-refractivity contribution in [3.05, 3.63) is 67.7 Å². The first-order chi connectivity index (χ1) is 16.2. The van der Waals surface area contributed by atoms with Crippen LogP contribution in [0.3, 0.4) is 0 Å². The summed E-state index contributed by atoms with van der Waals surface area (Å²) in [7, 11) is 0. The summed E-state index contributed by atoms with van der Waals surface area (Å²) in [4.78, 5) is 12.2. The van der Waals surface area contributed by atoms with Gasteiger partial charge in [-0.25, -0.2) is 9.19 Å². The Kier molecular flexibility index (Phi) is 7.07. The number of nitrogens with one attached hydrogen (secondary N) is 1. The molecule has 1 amide bonds. The number of carbonyl (C=O) groups excluding carboxylic acids is 1. The Morgan fingerprint density at radius 2 is 1.80 bits per heavy atom. The third-order valence-electron chi connectivity index (χ3n) is 5.88. The fourth-order valence-electron chi connectivity index (χ4n) is 4.24. The summed E-state index contributed by atoms with van der Waals surface area (Å²) in [6.07, 6.45) is -4.16. The highest BCUT2D eigenvalue weighted by Crippen LogP contribution is 2.57. The van der Waals surface area contributed by atoms with E-state index >= 15 is 0 Å². The van der Waals surface area contributed by atoms with Gasteiger partial charge in [0.25, 0.3) is 0 Å². The molecule has 4 rings (SSSR count). The monoisotopic (exact) mass is 564 g/mol. The highest BCUT2D eigenvalue weighted by Gasteiger charge is 2.60. The number of amides is 1. The van der Waals surface area contributed by atoms with Crippen LogP contribution in [0, 0.1) is 0 Å². The average molecular weight is 566 g/mol. The van der Waals surface area contributed by atoms with Gasteiger partial charge in [0.1, 0.15) is 5.60 Å². The van der Waals surface area contributed by atoms with Gasteiger partial charge < -0.3 is 10.1 Å². The minimum atomic E-state index is -4.62. The average Bonchev–Trinajstić information content (AvgIpc) is 3.35. The van der Waals surface area contributed by atoms with Gasteiger partial charge in [-0.1, -0.05) is 46.9 Å². The molecule has 1 aliphatic heterocycles. The van der Waals surface area contributed by atoms with Gasteiger partial charge in [-0.3, -0.25) is 0 Å². The van der Waals surface area contributed by atoms with Crippen molar-refractivity contribution in [3.63, 3.8) is 0 Å². The molecule has 188 valence electrons. The summed E-state index contributed by atoms with van der Waals surface area (Å²) in [5.74, 6) is 0. The number of carbonyl (C=O) groups is 1. The first kappa shape index (κ1) is 26.5. The summed E-state index contributed by atoms with van der Waals surface area (Å²) in [6.45, 7) is 5.36. The summed E-state index contributed by atoms with van der Waals surface area (Å²) in [5, 5.41) is 2.78. The van der Waals surface area contributed by atoms with E-state index in [1.165, 1.54) is 12.1 Å². The first-order valence-corrected chi connectivity index (χ1v) is 12.7. The molecule has 0 spiro atoms. The van der Waals surface area contributed by atoms with Crippen LogP contribution < -0.4 is 5.32 Å². The van der Waals surface area contributed by atoms with Crippen LogP contribution in [0.4, 0.5) is 18.0 Å². The number of fused-ring (bicyclic) bond motifs is 1. The molecular weight excluding hydrogens is 544 g/mol. The molecule has 2 aromatic rings. The van der Waals surface area contributed by atoms with E-state index in [0.717, 1.165) is 11.1 Å². The maximum absolute atomic E-state index is 14.4. The van der Waals surface area contributed by atoms with Crippen LogP contribution in [0.5, 0.6) is 0 Å². The van der Waals surface area contributed by atoms with Crippen molar-refractivity contribution in [3.8, 4) is 0 Å². The van der Waals surface area contributed by atoms with Crippen molar-refractivity contribution in [2.75, 3.05) is 0 Å². The number of halogens is 6. The van der Waals surface area contributed by atoms with E-state index in [1.54, 1.807) is 26.8 Å². The van der Waals surface area contributed by atoms with Gasteiger partial charge in [0.15, 0.2) is 4.75 Å². The third-order valence-corrected chi connectivity index (χ3v) is 8.31. The molecule has 0 fully saturated rings. The lowest BCUT2D eigenvalue weighted by Gasteiger charge is -2.30. The second kappa shape index (κ2) is 9.36. The predicted octanol–water partition coefficient (Wildman–Crippen LogP) is 8.46. The Labute approximate surface area is 220 Å². The molecule has 2 atom stereocenters. The molecule has 35 heavy (non-hydrogen) atoms. The van der Waals surface area contributed by atoms with Gasteiger partial charge in [0.05, 0.1) is 26.8 Å². The van der Waals surface area contributed by atoms with E-state index in [9.17, 15) is 18.0 Å². The number of alkyl carbamates (subject to hydrolysis) is 1. The van der Waals surface area contributed by atoms with Crippen LogP contribution in [-0.4, -0.2) is 23.6 Å². The first-order valence-electron chi connectivity index (χ1n) is 10.8. The van der Waals surface area contributed by atoms with Gasteiger partial charge in [0.2, 0.25) is 0 Å². The molecule has 2 aliphatic rings. The Morgan fingerprint density at radius 1 is 1.14 bits per heavy atom. The Hall–Kier alpha value is -1.61. The van der Waals surface area contributed by atoms with Crippen LogP contribution in [-0.2, 0) is 15.9 Å². The van der Waals surface area contributed by atoms with Crippen molar-refractivity contribution < 1.29 is 22.7 Å². The van der Waals surface area contributed by atoms with Gasteiger partial charge in [-0.2, -0.15) is 13.2 Å². The number of benzene rings is 2. The number of rotatable bonds is 3.